The van der Waals surface area contributed by atoms with E-state index in [1.165, 1.54) is 0 Å². The average molecular weight is 286 g/mol. The van der Waals surface area contributed by atoms with Crippen molar-refractivity contribution in [2.45, 2.75) is 32.2 Å². The second-order valence-corrected chi connectivity index (χ2v) is 6.25. The number of hydrogen-bond donors (Lipinski definition) is 1. The van der Waals surface area contributed by atoms with Crippen molar-refractivity contribution in [3.63, 3.8) is 0 Å². The van der Waals surface area contributed by atoms with Gasteiger partial charge in [0, 0.05) is 24.3 Å². The van der Waals surface area contributed by atoms with Crippen molar-refractivity contribution in [3.05, 3.63) is 35.9 Å². The van der Waals surface area contributed by atoms with E-state index in [1.807, 2.05) is 30.3 Å². The maximum Gasteiger partial charge on any atom is 0.224 e. The molecule has 1 amide bonds. The van der Waals surface area contributed by atoms with Crippen LogP contribution in [0.5, 0.6) is 0 Å². The standard InChI is InChI=1S/C17H21NO3/c19-16(18-10-11-4-2-1-3-5-11)14-12-6-8-13(9-7-12)15(14)17(20)21/h1-5,12-15H,6-10H2,(H,18,19)(H,20,21)/p-1/t12?,13?,14-,15-/m0/s1. The van der Waals surface area contributed by atoms with Gasteiger partial charge in [0.2, 0.25) is 5.91 Å². The zero-order valence-corrected chi connectivity index (χ0v) is 12.0. The zero-order valence-electron chi connectivity index (χ0n) is 12.0. The molecule has 3 fully saturated rings. The van der Waals surface area contributed by atoms with Gasteiger partial charge in [-0.3, -0.25) is 4.79 Å². The number of rotatable bonds is 4. The number of fused-ring (bicyclic) bond motifs is 3. The summed E-state index contributed by atoms with van der Waals surface area (Å²) in [7, 11) is 0. The van der Waals surface area contributed by atoms with E-state index in [1.54, 1.807) is 0 Å². The lowest BCUT2D eigenvalue weighted by Crippen LogP contribution is -2.54. The van der Waals surface area contributed by atoms with Gasteiger partial charge in [0.15, 0.2) is 0 Å². The van der Waals surface area contributed by atoms with Gasteiger partial charge in [-0.05, 0) is 43.1 Å². The van der Waals surface area contributed by atoms with E-state index in [0.717, 1.165) is 31.2 Å². The first-order valence-electron chi connectivity index (χ1n) is 7.69. The maximum absolute atomic E-state index is 12.5. The monoisotopic (exact) mass is 286 g/mol. The Morgan fingerprint density at radius 1 is 1.00 bits per heavy atom. The number of benzene rings is 1. The Hall–Kier alpha value is -1.84. The summed E-state index contributed by atoms with van der Waals surface area (Å²) in [6.07, 6.45) is 3.79. The highest BCUT2D eigenvalue weighted by Crippen LogP contribution is 2.48. The Kier molecular flexibility index (Phi) is 3.95. The van der Waals surface area contributed by atoms with Crippen molar-refractivity contribution in [3.8, 4) is 0 Å². The molecule has 0 unspecified atom stereocenters. The topological polar surface area (TPSA) is 69.2 Å². The Morgan fingerprint density at radius 3 is 2.14 bits per heavy atom. The first-order chi connectivity index (χ1) is 10.2. The number of nitrogens with one attached hydrogen (secondary N) is 1. The molecule has 4 rings (SSSR count). The van der Waals surface area contributed by atoms with Crippen LogP contribution in [0.3, 0.4) is 0 Å². The van der Waals surface area contributed by atoms with Crippen molar-refractivity contribution >= 4 is 11.9 Å². The molecule has 1 N–H and O–H groups in total. The van der Waals surface area contributed by atoms with Crippen molar-refractivity contribution in [1.29, 1.82) is 0 Å². The van der Waals surface area contributed by atoms with Gasteiger partial charge in [0.25, 0.3) is 0 Å². The molecule has 4 nitrogen and oxygen atoms in total. The summed E-state index contributed by atoms with van der Waals surface area (Å²) in [5, 5.41) is 14.4. The van der Waals surface area contributed by atoms with E-state index in [2.05, 4.69) is 5.32 Å². The highest BCUT2D eigenvalue weighted by atomic mass is 16.4. The second kappa shape index (κ2) is 5.88. The summed E-state index contributed by atoms with van der Waals surface area (Å²) in [6.45, 7) is 0.452. The van der Waals surface area contributed by atoms with Gasteiger partial charge >= 0.3 is 0 Å². The molecule has 0 saturated heterocycles. The summed E-state index contributed by atoms with van der Waals surface area (Å²) in [6, 6.07) is 9.67. The van der Waals surface area contributed by atoms with E-state index >= 15 is 0 Å². The smallest absolute Gasteiger partial charge is 0.224 e. The van der Waals surface area contributed by atoms with Crippen molar-refractivity contribution in [2.24, 2.45) is 23.7 Å². The minimum atomic E-state index is -1.05. The molecule has 0 radical (unpaired) electrons. The van der Waals surface area contributed by atoms with E-state index in [-0.39, 0.29) is 17.7 Å². The molecule has 0 heterocycles. The van der Waals surface area contributed by atoms with Crippen LogP contribution in [0.2, 0.25) is 0 Å². The van der Waals surface area contributed by atoms with Crippen LogP contribution < -0.4 is 10.4 Å². The Bertz CT molecular complexity index is 520. The number of amides is 1. The van der Waals surface area contributed by atoms with Crippen LogP contribution in [0, 0.1) is 23.7 Å². The molecule has 1 aromatic rings. The molecule has 112 valence electrons. The van der Waals surface area contributed by atoms with Gasteiger partial charge in [0.1, 0.15) is 0 Å². The van der Waals surface area contributed by atoms with Crippen LogP contribution in [-0.2, 0) is 16.1 Å². The third-order valence-corrected chi connectivity index (χ3v) is 5.10. The fourth-order valence-corrected chi connectivity index (χ4v) is 4.07. The number of carbonyl (C=O) groups is 2. The normalized spacial score (nSPS) is 30.9. The summed E-state index contributed by atoms with van der Waals surface area (Å²) < 4.78 is 0. The fourth-order valence-electron chi connectivity index (χ4n) is 4.07. The Morgan fingerprint density at radius 2 is 1.57 bits per heavy atom. The van der Waals surface area contributed by atoms with Crippen LogP contribution in [0.4, 0.5) is 0 Å². The first kappa shape index (κ1) is 14.1. The molecule has 3 aliphatic carbocycles. The predicted octanol–water partition coefficient (Wildman–Crippen LogP) is 1.11. The van der Waals surface area contributed by atoms with E-state index in [4.69, 9.17) is 0 Å². The van der Waals surface area contributed by atoms with Crippen LogP contribution >= 0.6 is 0 Å². The van der Waals surface area contributed by atoms with Crippen molar-refractivity contribution in [1.82, 2.24) is 5.32 Å². The van der Waals surface area contributed by atoms with Crippen LogP contribution in [0.1, 0.15) is 31.2 Å². The van der Waals surface area contributed by atoms with Gasteiger partial charge in [-0.1, -0.05) is 30.3 Å². The molecule has 1 aromatic carbocycles. The van der Waals surface area contributed by atoms with Gasteiger partial charge in [-0.15, -0.1) is 0 Å². The van der Waals surface area contributed by atoms with Gasteiger partial charge in [-0.2, -0.15) is 0 Å². The molecule has 21 heavy (non-hydrogen) atoms. The number of carboxylic acid groups (broad SMARTS) is 1. The molecule has 3 aliphatic rings. The maximum atomic E-state index is 12.5. The third-order valence-electron chi connectivity index (χ3n) is 5.10. The minimum absolute atomic E-state index is 0.118. The molecule has 0 aliphatic heterocycles. The minimum Gasteiger partial charge on any atom is -0.550 e. The highest BCUT2D eigenvalue weighted by Gasteiger charge is 2.47. The molecule has 3 saturated carbocycles. The number of hydrogen-bond acceptors (Lipinski definition) is 3. The molecular formula is C17H20NO3-. The highest BCUT2D eigenvalue weighted by molar-refractivity contribution is 5.85. The SMILES string of the molecule is O=C([O-])[C@H]1C2CCC(CC2)[C@@H]1C(=O)NCc1ccccc1. The van der Waals surface area contributed by atoms with Crippen molar-refractivity contribution < 1.29 is 14.7 Å². The van der Waals surface area contributed by atoms with E-state index in [9.17, 15) is 14.7 Å². The first-order valence-corrected chi connectivity index (χ1v) is 7.69. The van der Waals surface area contributed by atoms with Gasteiger partial charge in [-0.25, -0.2) is 0 Å². The third kappa shape index (κ3) is 2.80. The van der Waals surface area contributed by atoms with Crippen molar-refractivity contribution in [2.75, 3.05) is 0 Å². The predicted molar refractivity (Wildman–Crippen MR) is 75.7 cm³/mol. The largest absolute Gasteiger partial charge is 0.550 e. The van der Waals surface area contributed by atoms with Gasteiger partial charge < -0.3 is 15.2 Å². The second-order valence-electron chi connectivity index (χ2n) is 6.25. The number of carbonyl (C=O) groups excluding carboxylic acids is 2. The fraction of sp³-hybridized carbons (Fsp3) is 0.529. The number of aliphatic carboxylic acids is 1. The van der Waals surface area contributed by atoms with Crippen LogP contribution in [0.25, 0.3) is 0 Å². The Balaban J connectivity index is 1.69. The number of carboxylic acids is 1. The molecule has 0 spiro atoms. The Labute approximate surface area is 124 Å². The molecular weight excluding hydrogens is 266 g/mol. The summed E-state index contributed by atoms with van der Waals surface area (Å²) in [5.74, 6) is -1.87. The average Bonchev–Trinajstić information content (AvgIpc) is 2.53. The van der Waals surface area contributed by atoms with Crippen LogP contribution in [-0.4, -0.2) is 11.9 Å². The molecule has 0 aromatic heterocycles. The summed E-state index contributed by atoms with van der Waals surface area (Å²) >= 11 is 0. The molecule has 2 bridgehead atoms. The lowest BCUT2D eigenvalue weighted by atomic mass is 9.58. The lowest BCUT2D eigenvalue weighted by molar-refractivity contribution is -0.318. The quantitative estimate of drug-likeness (QED) is 0.901. The zero-order chi connectivity index (χ0) is 14.8. The van der Waals surface area contributed by atoms with Crippen LogP contribution in [0.15, 0.2) is 30.3 Å². The summed E-state index contributed by atoms with van der Waals surface area (Å²) in [5.41, 5.74) is 1.02. The summed E-state index contributed by atoms with van der Waals surface area (Å²) in [4.78, 5) is 23.9. The van der Waals surface area contributed by atoms with E-state index in [0.29, 0.717) is 6.54 Å². The molecule has 2 atom stereocenters. The lowest BCUT2D eigenvalue weighted by Gasteiger charge is -2.48. The van der Waals surface area contributed by atoms with E-state index < -0.39 is 17.8 Å². The molecule has 4 heteroatoms. The van der Waals surface area contributed by atoms with Gasteiger partial charge in [0.05, 0.1) is 0 Å².